The van der Waals surface area contributed by atoms with Gasteiger partial charge in [-0.25, -0.2) is 9.97 Å². The van der Waals surface area contributed by atoms with E-state index < -0.39 is 0 Å². The Morgan fingerprint density at radius 1 is 0.500 bits per heavy atom. The summed E-state index contributed by atoms with van der Waals surface area (Å²) in [6, 6.07) is 28.5. The van der Waals surface area contributed by atoms with Gasteiger partial charge in [-0.05, 0) is 48.5 Å². The number of benzene rings is 2. The van der Waals surface area contributed by atoms with Crippen LogP contribution in [0.25, 0.3) is 0 Å². The second-order valence-corrected chi connectivity index (χ2v) is 7.44. The van der Waals surface area contributed by atoms with Crippen LogP contribution in [-0.2, 0) is 0 Å². The van der Waals surface area contributed by atoms with Crippen molar-refractivity contribution < 1.29 is 0 Å². The summed E-state index contributed by atoms with van der Waals surface area (Å²) in [5, 5.41) is 0. The van der Waals surface area contributed by atoms with E-state index in [9.17, 15) is 0 Å². The first-order chi connectivity index (χ1) is 15.9. The number of fused-ring (bicyclic) bond motifs is 2. The molecule has 0 saturated heterocycles. The largest absolute Gasteiger partial charge is 0.402 e. The van der Waals surface area contributed by atoms with E-state index in [1.54, 1.807) is 0 Å². The summed E-state index contributed by atoms with van der Waals surface area (Å²) >= 11 is 0. The molecule has 4 heterocycles. The Balaban J connectivity index is 1.30. The third-order valence-electron chi connectivity index (χ3n) is 5.50. The van der Waals surface area contributed by atoms with Crippen LogP contribution in [0.5, 0.6) is 0 Å². The summed E-state index contributed by atoms with van der Waals surface area (Å²) in [4.78, 5) is 17.5. The van der Waals surface area contributed by atoms with Crippen LogP contribution in [0.4, 0.5) is 34.4 Å². The van der Waals surface area contributed by atoms with Crippen molar-refractivity contribution in [3.05, 3.63) is 110 Å². The molecule has 0 unspecified atom stereocenters. The highest BCUT2D eigenvalue weighted by Gasteiger charge is 2.31. The Kier molecular flexibility index (Phi) is 4.53. The minimum atomic E-state index is 0.884. The van der Waals surface area contributed by atoms with Gasteiger partial charge in [-0.3, -0.25) is 0 Å². The third kappa shape index (κ3) is 3.17. The van der Waals surface area contributed by atoms with Crippen LogP contribution in [0.15, 0.2) is 110 Å². The second-order valence-electron chi connectivity index (χ2n) is 7.44. The number of hydrogen-bond acceptors (Lipinski definition) is 6. The molecule has 2 aliphatic rings. The molecule has 0 saturated carbocycles. The Morgan fingerprint density at radius 3 is 1.31 bits per heavy atom. The molecule has 0 atom stereocenters. The van der Waals surface area contributed by atoms with E-state index in [1.165, 1.54) is 0 Å². The molecule has 32 heavy (non-hydrogen) atoms. The number of anilines is 6. The minimum Gasteiger partial charge on any atom is -0.372 e. The van der Waals surface area contributed by atoms with E-state index in [1.807, 2.05) is 60.9 Å². The highest BCUT2D eigenvalue weighted by Crippen LogP contribution is 2.40. The van der Waals surface area contributed by atoms with Crippen LogP contribution in [0, 0.1) is 0 Å². The standard InChI is InChI=1S/C24H18B2N6/c1-3-11-21-19(9-1)29(25-31(21)23-13-5-7-15-27-23)17-18-30-20-10-2-4-12-22(20)32(26-30)24-14-6-8-16-28-24/h1-18H. The van der Waals surface area contributed by atoms with Gasteiger partial charge in [0.25, 0.3) is 0 Å². The van der Waals surface area contributed by atoms with Crippen molar-refractivity contribution in [2.24, 2.45) is 0 Å². The van der Waals surface area contributed by atoms with E-state index in [2.05, 4.69) is 93.1 Å². The first kappa shape index (κ1) is 18.6. The number of para-hydroxylation sites is 4. The molecule has 0 N–H and O–H groups in total. The van der Waals surface area contributed by atoms with E-state index in [-0.39, 0.29) is 0 Å². The molecule has 150 valence electrons. The summed E-state index contributed by atoms with van der Waals surface area (Å²) in [6.45, 7) is 0. The van der Waals surface area contributed by atoms with Crippen LogP contribution in [0.2, 0.25) is 0 Å². The maximum Gasteiger partial charge on any atom is 0.402 e. The lowest BCUT2D eigenvalue weighted by Gasteiger charge is -2.18. The molecule has 6 rings (SSSR count). The molecular weight excluding hydrogens is 394 g/mol. The third-order valence-corrected chi connectivity index (χ3v) is 5.50. The van der Waals surface area contributed by atoms with Gasteiger partial charge in [-0.1, -0.05) is 36.4 Å². The van der Waals surface area contributed by atoms with Gasteiger partial charge in [-0.2, -0.15) is 0 Å². The first-order valence-corrected chi connectivity index (χ1v) is 10.4. The van der Waals surface area contributed by atoms with Crippen molar-refractivity contribution in [2.75, 3.05) is 19.2 Å². The lowest BCUT2D eigenvalue weighted by molar-refractivity contribution is 1.25. The smallest absolute Gasteiger partial charge is 0.372 e. The number of aromatic nitrogens is 2. The van der Waals surface area contributed by atoms with E-state index >= 15 is 0 Å². The summed E-state index contributed by atoms with van der Waals surface area (Å²) in [5.74, 6) is 1.77. The molecule has 2 aromatic heterocycles. The number of pyridine rings is 2. The zero-order valence-corrected chi connectivity index (χ0v) is 17.2. The lowest BCUT2D eigenvalue weighted by Crippen LogP contribution is -2.31. The zero-order chi connectivity index (χ0) is 21.3. The topological polar surface area (TPSA) is 38.7 Å². The Morgan fingerprint density at radius 2 is 0.906 bits per heavy atom. The van der Waals surface area contributed by atoms with Gasteiger partial charge in [0.15, 0.2) is 0 Å². The highest BCUT2D eigenvalue weighted by molar-refractivity contribution is 6.55. The van der Waals surface area contributed by atoms with Crippen molar-refractivity contribution in [3.8, 4) is 0 Å². The highest BCUT2D eigenvalue weighted by atomic mass is 15.3. The fourth-order valence-electron chi connectivity index (χ4n) is 4.01. The van der Waals surface area contributed by atoms with Gasteiger partial charge in [-0.15, -0.1) is 0 Å². The van der Waals surface area contributed by atoms with Gasteiger partial charge in [0.1, 0.15) is 11.6 Å². The molecule has 2 radical (unpaired) electrons. The summed E-state index contributed by atoms with van der Waals surface area (Å²) in [7, 11) is 4.12. The first-order valence-electron chi connectivity index (χ1n) is 10.4. The molecule has 0 spiro atoms. The fraction of sp³-hybridized carbons (Fsp3) is 0. The monoisotopic (exact) mass is 412 g/mol. The molecule has 8 heteroatoms. The maximum absolute atomic E-state index is 4.52. The number of rotatable bonds is 4. The predicted octanol–water partition coefficient (Wildman–Crippen LogP) is 4.63. The zero-order valence-electron chi connectivity index (χ0n) is 17.2. The van der Waals surface area contributed by atoms with Gasteiger partial charge in [0.05, 0.1) is 22.7 Å². The van der Waals surface area contributed by atoms with Gasteiger partial charge < -0.3 is 19.2 Å². The number of nitrogens with zero attached hydrogens (tertiary/aromatic N) is 6. The van der Waals surface area contributed by atoms with Crippen molar-refractivity contribution in [1.82, 2.24) is 9.97 Å². The quantitative estimate of drug-likeness (QED) is 0.456. The van der Waals surface area contributed by atoms with Crippen molar-refractivity contribution in [1.29, 1.82) is 0 Å². The normalized spacial score (nSPS) is 14.4. The average molecular weight is 412 g/mol. The molecular formula is C24H18B2N6. The Bertz CT molecular complexity index is 1170. The average Bonchev–Trinajstić information content (AvgIpc) is 3.43. The van der Waals surface area contributed by atoms with Gasteiger partial charge >= 0.3 is 15.1 Å². The van der Waals surface area contributed by atoms with Crippen LogP contribution < -0.4 is 19.2 Å². The summed E-state index contributed by atoms with van der Waals surface area (Å²) < 4.78 is 0. The van der Waals surface area contributed by atoms with Crippen LogP contribution >= 0.6 is 0 Å². The predicted molar refractivity (Wildman–Crippen MR) is 131 cm³/mol. The van der Waals surface area contributed by atoms with Gasteiger partial charge in [0, 0.05) is 24.8 Å². The fourth-order valence-corrected chi connectivity index (χ4v) is 4.01. The number of hydrogen-bond donors (Lipinski definition) is 0. The molecule has 2 aromatic carbocycles. The summed E-state index contributed by atoms with van der Waals surface area (Å²) in [5.41, 5.74) is 4.39. The van der Waals surface area contributed by atoms with Gasteiger partial charge in [0.2, 0.25) is 0 Å². The van der Waals surface area contributed by atoms with Crippen molar-refractivity contribution in [3.63, 3.8) is 0 Å². The van der Waals surface area contributed by atoms with Crippen LogP contribution in [-0.4, -0.2) is 25.1 Å². The molecule has 0 bridgehead atoms. The van der Waals surface area contributed by atoms with Crippen LogP contribution in [0.1, 0.15) is 0 Å². The molecule has 0 amide bonds. The Labute approximate surface area is 188 Å². The summed E-state index contributed by atoms with van der Waals surface area (Å²) in [6.07, 6.45) is 7.76. The molecule has 4 aromatic rings. The maximum atomic E-state index is 4.52. The molecule has 0 aliphatic carbocycles. The SMILES string of the molecule is [B]1N(C=CN2[B]N(c3ccccn3)c3ccccc32)c2ccccc2N1c1ccccn1. The molecule has 6 nitrogen and oxygen atoms in total. The van der Waals surface area contributed by atoms with E-state index in [4.69, 9.17) is 0 Å². The van der Waals surface area contributed by atoms with Crippen molar-refractivity contribution in [2.45, 2.75) is 0 Å². The van der Waals surface area contributed by atoms with E-state index in [0.29, 0.717) is 0 Å². The van der Waals surface area contributed by atoms with E-state index in [0.717, 1.165) is 34.4 Å². The molecule has 0 fully saturated rings. The lowest BCUT2D eigenvalue weighted by atomic mass is 10.1. The molecule has 2 aliphatic heterocycles. The Hall–Kier alpha value is -4.19. The van der Waals surface area contributed by atoms with Crippen LogP contribution in [0.3, 0.4) is 0 Å². The second kappa shape index (κ2) is 7.81. The minimum absolute atomic E-state index is 0.884. The van der Waals surface area contributed by atoms with Crippen molar-refractivity contribution >= 4 is 49.5 Å².